The second-order valence-corrected chi connectivity index (χ2v) is 4.29. The van der Waals surface area contributed by atoms with Crippen molar-refractivity contribution in [2.75, 3.05) is 11.9 Å². The van der Waals surface area contributed by atoms with Crippen molar-refractivity contribution < 1.29 is 0 Å². The molecule has 2 aromatic carbocycles. The topological polar surface area (TPSA) is 27.0 Å². The summed E-state index contributed by atoms with van der Waals surface area (Å²) in [4.78, 5) is 2.04. The number of alkyl halides is 1. The molecule has 0 heterocycles. The first kappa shape index (κ1) is 12.5. The third kappa shape index (κ3) is 2.64. The zero-order chi connectivity index (χ0) is 13.0. The number of rotatable bonds is 3. The van der Waals surface area contributed by atoms with Gasteiger partial charge in [0.25, 0.3) is 0 Å². The molecule has 0 spiro atoms. The van der Waals surface area contributed by atoms with Crippen molar-refractivity contribution in [3.05, 3.63) is 59.7 Å². The Kier molecular flexibility index (Phi) is 3.86. The normalized spacial score (nSPS) is 9.83. The van der Waals surface area contributed by atoms with Crippen molar-refractivity contribution in [3.8, 4) is 6.07 Å². The van der Waals surface area contributed by atoms with Crippen LogP contribution in [0, 0.1) is 11.3 Å². The zero-order valence-corrected chi connectivity index (χ0v) is 10.9. The molecule has 2 rings (SSSR count). The van der Waals surface area contributed by atoms with Gasteiger partial charge in [0.15, 0.2) is 0 Å². The summed E-state index contributed by atoms with van der Waals surface area (Å²) < 4.78 is 0. The molecule has 0 saturated heterocycles. The van der Waals surface area contributed by atoms with Gasteiger partial charge in [-0.2, -0.15) is 5.26 Å². The van der Waals surface area contributed by atoms with Crippen LogP contribution in [-0.2, 0) is 5.88 Å². The first-order valence-electron chi connectivity index (χ1n) is 5.63. The van der Waals surface area contributed by atoms with E-state index in [1.165, 1.54) is 0 Å². The molecule has 0 aliphatic heterocycles. The molecule has 0 atom stereocenters. The molecule has 90 valence electrons. The van der Waals surface area contributed by atoms with Crippen LogP contribution in [0.4, 0.5) is 11.4 Å². The fourth-order valence-electron chi connectivity index (χ4n) is 1.74. The van der Waals surface area contributed by atoms with E-state index in [9.17, 15) is 0 Å². The monoisotopic (exact) mass is 256 g/mol. The molecule has 0 aromatic heterocycles. The maximum Gasteiger partial charge on any atom is 0.0992 e. The van der Waals surface area contributed by atoms with E-state index in [0.717, 1.165) is 16.9 Å². The van der Waals surface area contributed by atoms with Crippen molar-refractivity contribution in [1.29, 1.82) is 5.26 Å². The minimum Gasteiger partial charge on any atom is -0.345 e. The van der Waals surface area contributed by atoms with Gasteiger partial charge in [-0.15, -0.1) is 11.6 Å². The SMILES string of the molecule is CN(c1ccc(CCl)cc1)c1cccc(C#N)c1. The summed E-state index contributed by atoms with van der Waals surface area (Å²) >= 11 is 5.77. The summed E-state index contributed by atoms with van der Waals surface area (Å²) in [5.41, 5.74) is 3.82. The molecule has 18 heavy (non-hydrogen) atoms. The Morgan fingerprint density at radius 3 is 2.44 bits per heavy atom. The van der Waals surface area contributed by atoms with E-state index in [-0.39, 0.29) is 0 Å². The lowest BCUT2D eigenvalue weighted by Gasteiger charge is -2.19. The minimum atomic E-state index is 0.522. The summed E-state index contributed by atoms with van der Waals surface area (Å²) in [6.07, 6.45) is 0. The van der Waals surface area contributed by atoms with Gasteiger partial charge in [-0.25, -0.2) is 0 Å². The maximum absolute atomic E-state index is 8.90. The predicted octanol–water partition coefficient (Wildman–Crippen LogP) is 4.06. The van der Waals surface area contributed by atoms with E-state index in [4.69, 9.17) is 16.9 Å². The molecule has 2 nitrogen and oxygen atoms in total. The fourth-order valence-corrected chi connectivity index (χ4v) is 1.92. The standard InChI is InChI=1S/C15H13ClN2/c1-18(14-7-5-12(10-16)6-8-14)15-4-2-3-13(9-15)11-17/h2-9H,10H2,1H3. The molecular formula is C15H13ClN2. The van der Waals surface area contributed by atoms with Crippen LogP contribution in [-0.4, -0.2) is 7.05 Å². The van der Waals surface area contributed by atoms with Crippen molar-refractivity contribution in [1.82, 2.24) is 0 Å². The molecule has 0 N–H and O–H groups in total. The van der Waals surface area contributed by atoms with E-state index < -0.39 is 0 Å². The molecule has 3 heteroatoms. The smallest absolute Gasteiger partial charge is 0.0992 e. The second-order valence-electron chi connectivity index (χ2n) is 4.02. The molecule has 0 radical (unpaired) electrons. The number of halogens is 1. The number of benzene rings is 2. The van der Waals surface area contributed by atoms with Crippen LogP contribution in [0.3, 0.4) is 0 Å². The van der Waals surface area contributed by atoms with Crippen molar-refractivity contribution in [3.63, 3.8) is 0 Å². The Hall–Kier alpha value is -1.98. The largest absolute Gasteiger partial charge is 0.345 e. The zero-order valence-electron chi connectivity index (χ0n) is 10.1. The first-order valence-corrected chi connectivity index (χ1v) is 6.17. The number of nitriles is 1. The summed E-state index contributed by atoms with van der Waals surface area (Å²) in [6, 6.07) is 17.7. The molecule has 0 aliphatic carbocycles. The fraction of sp³-hybridized carbons (Fsp3) is 0.133. The van der Waals surface area contributed by atoms with E-state index in [1.807, 2.05) is 54.4 Å². The summed E-state index contributed by atoms with van der Waals surface area (Å²) in [7, 11) is 1.98. The third-order valence-corrected chi connectivity index (χ3v) is 3.15. The lowest BCUT2D eigenvalue weighted by molar-refractivity contribution is 1.20. The van der Waals surface area contributed by atoms with Gasteiger partial charge in [0, 0.05) is 24.3 Å². The Morgan fingerprint density at radius 2 is 1.83 bits per heavy atom. The summed E-state index contributed by atoms with van der Waals surface area (Å²) in [5.74, 6) is 0.522. The van der Waals surface area contributed by atoms with Gasteiger partial charge in [-0.05, 0) is 35.9 Å². The molecule has 0 fully saturated rings. The van der Waals surface area contributed by atoms with Crippen LogP contribution in [0.1, 0.15) is 11.1 Å². The van der Waals surface area contributed by atoms with E-state index in [2.05, 4.69) is 6.07 Å². The molecule has 0 amide bonds. The molecule has 0 aliphatic rings. The van der Waals surface area contributed by atoms with Gasteiger partial charge in [-0.3, -0.25) is 0 Å². The molecule has 0 bridgehead atoms. The number of anilines is 2. The van der Waals surface area contributed by atoms with E-state index in [1.54, 1.807) is 6.07 Å². The van der Waals surface area contributed by atoms with Crippen LogP contribution in [0.15, 0.2) is 48.5 Å². The lowest BCUT2D eigenvalue weighted by atomic mass is 10.1. The molecule has 0 saturated carbocycles. The predicted molar refractivity (Wildman–Crippen MR) is 75.2 cm³/mol. The average Bonchev–Trinajstić information content (AvgIpc) is 2.46. The maximum atomic E-state index is 8.90. The Labute approximate surface area is 112 Å². The minimum absolute atomic E-state index is 0.522. The van der Waals surface area contributed by atoms with Crippen LogP contribution in [0.5, 0.6) is 0 Å². The molecular weight excluding hydrogens is 244 g/mol. The van der Waals surface area contributed by atoms with Gasteiger partial charge in [0.05, 0.1) is 11.6 Å². The highest BCUT2D eigenvalue weighted by Crippen LogP contribution is 2.24. The Bertz CT molecular complexity index is 570. The van der Waals surface area contributed by atoms with Crippen LogP contribution >= 0.6 is 11.6 Å². The Balaban J connectivity index is 2.29. The van der Waals surface area contributed by atoms with Crippen LogP contribution in [0.2, 0.25) is 0 Å². The van der Waals surface area contributed by atoms with Gasteiger partial charge in [-0.1, -0.05) is 18.2 Å². The van der Waals surface area contributed by atoms with Gasteiger partial charge >= 0.3 is 0 Å². The van der Waals surface area contributed by atoms with Gasteiger partial charge in [0.1, 0.15) is 0 Å². The highest BCUT2D eigenvalue weighted by molar-refractivity contribution is 6.17. The van der Waals surface area contributed by atoms with Crippen molar-refractivity contribution >= 4 is 23.0 Å². The Morgan fingerprint density at radius 1 is 1.11 bits per heavy atom. The van der Waals surface area contributed by atoms with Crippen molar-refractivity contribution in [2.24, 2.45) is 0 Å². The average molecular weight is 257 g/mol. The lowest BCUT2D eigenvalue weighted by Crippen LogP contribution is -2.09. The van der Waals surface area contributed by atoms with Crippen LogP contribution in [0.25, 0.3) is 0 Å². The van der Waals surface area contributed by atoms with Crippen molar-refractivity contribution in [2.45, 2.75) is 5.88 Å². The second kappa shape index (κ2) is 5.57. The van der Waals surface area contributed by atoms with Gasteiger partial charge in [0.2, 0.25) is 0 Å². The number of hydrogen-bond donors (Lipinski definition) is 0. The summed E-state index contributed by atoms with van der Waals surface area (Å²) in [5, 5.41) is 8.90. The van der Waals surface area contributed by atoms with E-state index >= 15 is 0 Å². The quantitative estimate of drug-likeness (QED) is 0.774. The highest BCUT2D eigenvalue weighted by Gasteiger charge is 2.04. The number of hydrogen-bond acceptors (Lipinski definition) is 2. The van der Waals surface area contributed by atoms with Gasteiger partial charge < -0.3 is 4.90 Å². The first-order chi connectivity index (χ1) is 8.74. The molecule has 0 unspecified atom stereocenters. The number of nitrogens with zero attached hydrogens (tertiary/aromatic N) is 2. The van der Waals surface area contributed by atoms with Crippen LogP contribution < -0.4 is 4.90 Å². The summed E-state index contributed by atoms with van der Waals surface area (Å²) in [6.45, 7) is 0. The third-order valence-electron chi connectivity index (χ3n) is 2.84. The highest BCUT2D eigenvalue weighted by atomic mass is 35.5. The molecule has 2 aromatic rings. The van der Waals surface area contributed by atoms with E-state index in [0.29, 0.717) is 11.4 Å².